The summed E-state index contributed by atoms with van der Waals surface area (Å²) in [4.78, 5) is 24.9. The van der Waals surface area contributed by atoms with Crippen LogP contribution in [-0.2, 0) is 9.53 Å². The van der Waals surface area contributed by atoms with Gasteiger partial charge in [-0.15, -0.1) is 0 Å². The molecule has 0 saturated carbocycles. The molecule has 3 rings (SSSR count). The highest BCUT2D eigenvalue weighted by atomic mass is 19.1. The van der Waals surface area contributed by atoms with E-state index in [0.29, 0.717) is 17.5 Å². The van der Waals surface area contributed by atoms with Crippen LogP contribution >= 0.6 is 0 Å². The van der Waals surface area contributed by atoms with Gasteiger partial charge in [0.1, 0.15) is 17.2 Å². The minimum atomic E-state index is -1.20. The summed E-state index contributed by atoms with van der Waals surface area (Å²) >= 11 is 0. The molecular formula is C21H19F2N3O3. The summed E-state index contributed by atoms with van der Waals surface area (Å²) in [7, 11) is 0. The Labute approximate surface area is 166 Å². The number of carbonyl (C=O) groups excluding carboxylic acids is 2. The average molecular weight is 399 g/mol. The Morgan fingerprint density at radius 1 is 1.10 bits per heavy atom. The van der Waals surface area contributed by atoms with E-state index in [-0.39, 0.29) is 11.3 Å². The number of nitrogens with zero attached hydrogens (tertiary/aromatic N) is 2. The summed E-state index contributed by atoms with van der Waals surface area (Å²) in [6.07, 6.45) is -1.20. The van der Waals surface area contributed by atoms with Crippen molar-refractivity contribution in [2.45, 2.75) is 26.9 Å². The third-order valence-electron chi connectivity index (χ3n) is 4.34. The highest BCUT2D eigenvalue weighted by Gasteiger charge is 2.25. The molecule has 0 fully saturated rings. The van der Waals surface area contributed by atoms with Gasteiger partial charge in [0.05, 0.1) is 22.8 Å². The number of halogens is 2. The van der Waals surface area contributed by atoms with E-state index < -0.39 is 29.6 Å². The molecular weight excluding hydrogens is 380 g/mol. The van der Waals surface area contributed by atoms with Crippen molar-refractivity contribution >= 4 is 17.6 Å². The lowest BCUT2D eigenvalue weighted by Gasteiger charge is -2.14. The van der Waals surface area contributed by atoms with E-state index >= 15 is 0 Å². The second kappa shape index (κ2) is 8.22. The Morgan fingerprint density at radius 3 is 2.45 bits per heavy atom. The van der Waals surface area contributed by atoms with Gasteiger partial charge in [0.25, 0.3) is 5.91 Å². The first-order chi connectivity index (χ1) is 13.8. The number of anilines is 1. The van der Waals surface area contributed by atoms with Crippen molar-refractivity contribution in [2.75, 3.05) is 5.32 Å². The number of amides is 1. The normalized spacial score (nSPS) is 11.8. The zero-order valence-corrected chi connectivity index (χ0v) is 16.1. The number of nitrogens with one attached hydrogen (secondary N) is 1. The number of aromatic nitrogens is 2. The average Bonchev–Trinajstić information content (AvgIpc) is 2.98. The van der Waals surface area contributed by atoms with Crippen molar-refractivity contribution in [1.82, 2.24) is 9.78 Å². The smallest absolute Gasteiger partial charge is 0.342 e. The van der Waals surface area contributed by atoms with Crippen LogP contribution in [0.5, 0.6) is 0 Å². The number of rotatable bonds is 5. The maximum absolute atomic E-state index is 13.7. The predicted octanol–water partition coefficient (Wildman–Crippen LogP) is 3.95. The van der Waals surface area contributed by atoms with E-state index in [2.05, 4.69) is 10.4 Å². The van der Waals surface area contributed by atoms with Crippen LogP contribution in [0.3, 0.4) is 0 Å². The molecule has 0 aliphatic rings. The van der Waals surface area contributed by atoms with Crippen LogP contribution in [0.2, 0.25) is 0 Å². The summed E-state index contributed by atoms with van der Waals surface area (Å²) in [5.41, 5.74) is 1.85. The zero-order chi connectivity index (χ0) is 21.1. The monoisotopic (exact) mass is 399 g/mol. The molecule has 150 valence electrons. The van der Waals surface area contributed by atoms with Crippen molar-refractivity contribution in [3.63, 3.8) is 0 Å². The van der Waals surface area contributed by atoms with E-state index in [4.69, 9.17) is 4.74 Å². The Morgan fingerprint density at radius 2 is 1.79 bits per heavy atom. The van der Waals surface area contributed by atoms with E-state index in [9.17, 15) is 18.4 Å². The molecule has 8 heteroatoms. The number of hydrogen-bond donors (Lipinski definition) is 1. The van der Waals surface area contributed by atoms with Crippen molar-refractivity contribution in [1.29, 1.82) is 0 Å². The zero-order valence-electron chi connectivity index (χ0n) is 16.1. The minimum Gasteiger partial charge on any atom is -0.449 e. The lowest BCUT2D eigenvalue weighted by molar-refractivity contribution is -0.123. The molecule has 1 aromatic heterocycles. The summed E-state index contributed by atoms with van der Waals surface area (Å²) in [5, 5.41) is 6.65. The lowest BCUT2D eigenvalue weighted by Crippen LogP contribution is -2.30. The number of hydrogen-bond acceptors (Lipinski definition) is 4. The van der Waals surface area contributed by atoms with Gasteiger partial charge in [-0.2, -0.15) is 5.10 Å². The standard InChI is InChI=1S/C21H19F2N3O3/c1-12-19(13(2)26(25-12)16-7-5-4-6-8-16)21(28)29-14(3)20(27)24-18-10-9-15(22)11-17(18)23/h4-11,14H,1-3H3,(H,24,27)/t14-/m0/s1. The maximum Gasteiger partial charge on any atom is 0.342 e. The van der Waals surface area contributed by atoms with Crippen LogP contribution in [0, 0.1) is 25.5 Å². The van der Waals surface area contributed by atoms with Gasteiger partial charge in [-0.1, -0.05) is 18.2 Å². The molecule has 0 saturated heterocycles. The van der Waals surface area contributed by atoms with Crippen LogP contribution < -0.4 is 5.32 Å². The van der Waals surface area contributed by atoms with E-state index in [0.717, 1.165) is 17.8 Å². The summed E-state index contributed by atoms with van der Waals surface area (Å²) < 4.78 is 33.5. The van der Waals surface area contributed by atoms with Crippen LogP contribution in [0.4, 0.5) is 14.5 Å². The number of ether oxygens (including phenoxy) is 1. The molecule has 29 heavy (non-hydrogen) atoms. The van der Waals surface area contributed by atoms with Crippen molar-refractivity contribution in [3.8, 4) is 5.69 Å². The minimum absolute atomic E-state index is 0.205. The topological polar surface area (TPSA) is 73.2 Å². The number of para-hydroxylation sites is 1. The molecule has 6 nitrogen and oxygen atoms in total. The van der Waals surface area contributed by atoms with Crippen LogP contribution in [0.15, 0.2) is 48.5 Å². The fraction of sp³-hybridized carbons (Fsp3) is 0.190. The molecule has 1 amide bonds. The molecule has 2 aromatic carbocycles. The van der Waals surface area contributed by atoms with Gasteiger partial charge in [-0.3, -0.25) is 4.79 Å². The number of aryl methyl sites for hydroxylation is 1. The molecule has 1 heterocycles. The first-order valence-corrected chi connectivity index (χ1v) is 8.86. The molecule has 0 spiro atoms. The van der Waals surface area contributed by atoms with Gasteiger partial charge in [-0.25, -0.2) is 18.3 Å². The highest BCUT2D eigenvalue weighted by Crippen LogP contribution is 2.20. The SMILES string of the molecule is Cc1nn(-c2ccccc2)c(C)c1C(=O)O[C@@H](C)C(=O)Nc1ccc(F)cc1F. The fourth-order valence-electron chi connectivity index (χ4n) is 2.86. The van der Waals surface area contributed by atoms with Crippen LogP contribution in [0.25, 0.3) is 5.69 Å². The quantitative estimate of drug-likeness (QED) is 0.660. The Kier molecular flexibility index (Phi) is 5.72. The largest absolute Gasteiger partial charge is 0.449 e. The van der Waals surface area contributed by atoms with Crippen LogP contribution in [0.1, 0.15) is 28.7 Å². The molecule has 0 bridgehead atoms. The Balaban J connectivity index is 1.74. The number of carbonyl (C=O) groups is 2. The van der Waals surface area contributed by atoms with Gasteiger partial charge in [0, 0.05) is 6.07 Å². The predicted molar refractivity (Wildman–Crippen MR) is 103 cm³/mol. The van der Waals surface area contributed by atoms with Crippen molar-refractivity contribution in [3.05, 3.63) is 77.1 Å². The molecule has 0 aliphatic heterocycles. The van der Waals surface area contributed by atoms with Gasteiger partial charge >= 0.3 is 5.97 Å². The number of benzene rings is 2. The Bertz CT molecular complexity index is 1060. The van der Waals surface area contributed by atoms with Crippen LogP contribution in [-0.4, -0.2) is 27.8 Å². The maximum atomic E-state index is 13.7. The molecule has 1 atom stereocenters. The van der Waals surface area contributed by atoms with Gasteiger partial charge < -0.3 is 10.1 Å². The summed E-state index contributed by atoms with van der Waals surface area (Å²) in [5.74, 6) is -3.15. The van der Waals surface area contributed by atoms with Crippen molar-refractivity contribution < 1.29 is 23.1 Å². The first-order valence-electron chi connectivity index (χ1n) is 8.86. The second-order valence-corrected chi connectivity index (χ2v) is 6.45. The molecule has 0 aliphatic carbocycles. The Hall–Kier alpha value is -3.55. The third kappa shape index (κ3) is 4.31. The lowest BCUT2D eigenvalue weighted by atomic mass is 10.2. The van der Waals surface area contributed by atoms with E-state index in [1.54, 1.807) is 18.5 Å². The summed E-state index contributed by atoms with van der Waals surface area (Å²) in [6.45, 7) is 4.75. The van der Waals surface area contributed by atoms with Gasteiger partial charge in [0.15, 0.2) is 6.10 Å². The molecule has 0 radical (unpaired) electrons. The van der Waals surface area contributed by atoms with Crippen molar-refractivity contribution in [2.24, 2.45) is 0 Å². The third-order valence-corrected chi connectivity index (χ3v) is 4.34. The molecule has 1 N–H and O–H groups in total. The summed E-state index contributed by atoms with van der Waals surface area (Å²) in [6, 6.07) is 12.0. The molecule has 0 unspecified atom stereocenters. The number of esters is 1. The van der Waals surface area contributed by atoms with Gasteiger partial charge in [0.2, 0.25) is 0 Å². The van der Waals surface area contributed by atoms with E-state index in [1.807, 2.05) is 30.3 Å². The highest BCUT2D eigenvalue weighted by molar-refractivity contribution is 5.98. The fourth-order valence-corrected chi connectivity index (χ4v) is 2.86. The van der Waals surface area contributed by atoms with Gasteiger partial charge in [-0.05, 0) is 45.0 Å². The molecule has 3 aromatic rings. The second-order valence-electron chi connectivity index (χ2n) is 6.45. The first kappa shape index (κ1) is 20.2. The van der Waals surface area contributed by atoms with E-state index in [1.165, 1.54) is 6.92 Å².